The van der Waals surface area contributed by atoms with Gasteiger partial charge in [-0.1, -0.05) is 42.5 Å². The number of para-hydroxylation sites is 1. The number of fused-ring (bicyclic) bond motifs is 2. The first kappa shape index (κ1) is 10.3. The van der Waals surface area contributed by atoms with Gasteiger partial charge in [0, 0.05) is 22.5 Å². The normalized spacial score (nSPS) is 11.2. The number of furan rings is 1. The van der Waals surface area contributed by atoms with Crippen molar-refractivity contribution in [3.05, 3.63) is 67.1 Å². The number of rotatable bonds is 1. The molecule has 19 heavy (non-hydrogen) atoms. The Kier molecular flexibility index (Phi) is 2.15. The van der Waals surface area contributed by atoms with Crippen molar-refractivity contribution < 1.29 is 4.42 Å². The van der Waals surface area contributed by atoms with E-state index in [1.807, 2.05) is 42.6 Å². The molecule has 2 aromatic carbocycles. The maximum Gasteiger partial charge on any atom is 0.134 e. The Morgan fingerprint density at radius 3 is 2.53 bits per heavy atom. The largest absolute Gasteiger partial charge is 0.464 e. The zero-order chi connectivity index (χ0) is 12.7. The molecule has 0 atom stereocenters. The van der Waals surface area contributed by atoms with Gasteiger partial charge in [0.1, 0.15) is 11.8 Å². The fourth-order valence-electron chi connectivity index (χ4n) is 2.50. The minimum Gasteiger partial charge on any atom is -0.464 e. The van der Waals surface area contributed by atoms with Gasteiger partial charge in [0.15, 0.2) is 0 Å². The first-order valence-electron chi connectivity index (χ1n) is 6.24. The van der Waals surface area contributed by atoms with E-state index in [1.165, 1.54) is 5.39 Å². The maximum absolute atomic E-state index is 5.61. The second kappa shape index (κ2) is 3.95. The molecule has 0 N–H and O–H groups in total. The summed E-state index contributed by atoms with van der Waals surface area (Å²) >= 11 is 0. The molecule has 2 aromatic heterocycles. The molecule has 4 rings (SSSR count). The van der Waals surface area contributed by atoms with Crippen molar-refractivity contribution in [2.75, 3.05) is 0 Å². The van der Waals surface area contributed by atoms with Crippen LogP contribution in [0, 0.1) is 0 Å². The van der Waals surface area contributed by atoms with E-state index in [0.29, 0.717) is 0 Å². The van der Waals surface area contributed by atoms with Crippen LogP contribution in [-0.2, 0) is 0 Å². The van der Waals surface area contributed by atoms with E-state index in [1.54, 1.807) is 6.26 Å². The smallest absolute Gasteiger partial charge is 0.134 e. The molecule has 2 heteroatoms. The summed E-state index contributed by atoms with van der Waals surface area (Å²) in [6, 6.07) is 18.3. The number of hydrogen-bond donors (Lipinski definition) is 0. The molecule has 2 heterocycles. The van der Waals surface area contributed by atoms with Gasteiger partial charge < -0.3 is 4.42 Å². The quantitative estimate of drug-likeness (QED) is 0.488. The first-order valence-corrected chi connectivity index (χ1v) is 6.24. The molecule has 0 fully saturated rings. The van der Waals surface area contributed by atoms with Crippen molar-refractivity contribution in [1.82, 2.24) is 4.98 Å². The molecule has 90 valence electrons. The van der Waals surface area contributed by atoms with Crippen molar-refractivity contribution in [3.8, 4) is 11.3 Å². The number of pyridine rings is 1. The van der Waals surface area contributed by atoms with E-state index in [9.17, 15) is 0 Å². The molecule has 4 aromatic rings. The SMILES string of the molecule is c1ccc2c(-c3coc4ccccc34)nccc2c1. The third kappa shape index (κ3) is 1.54. The van der Waals surface area contributed by atoms with Crippen LogP contribution < -0.4 is 0 Å². The molecule has 0 amide bonds. The summed E-state index contributed by atoms with van der Waals surface area (Å²) in [5, 5.41) is 3.45. The average molecular weight is 245 g/mol. The highest BCUT2D eigenvalue weighted by Crippen LogP contribution is 2.33. The molecule has 0 radical (unpaired) electrons. The van der Waals surface area contributed by atoms with Crippen molar-refractivity contribution in [3.63, 3.8) is 0 Å². The van der Waals surface area contributed by atoms with Gasteiger partial charge in [-0.2, -0.15) is 0 Å². The van der Waals surface area contributed by atoms with Crippen molar-refractivity contribution in [2.45, 2.75) is 0 Å². The molecule has 0 spiro atoms. The van der Waals surface area contributed by atoms with Crippen molar-refractivity contribution in [1.29, 1.82) is 0 Å². The molecular formula is C17H11NO. The van der Waals surface area contributed by atoms with Crippen molar-refractivity contribution >= 4 is 21.7 Å². The molecule has 2 nitrogen and oxygen atoms in total. The van der Waals surface area contributed by atoms with Gasteiger partial charge in [0.25, 0.3) is 0 Å². The fraction of sp³-hybridized carbons (Fsp3) is 0. The monoisotopic (exact) mass is 245 g/mol. The van der Waals surface area contributed by atoms with Gasteiger partial charge in [0.05, 0.1) is 5.69 Å². The van der Waals surface area contributed by atoms with Gasteiger partial charge in [-0.25, -0.2) is 0 Å². The highest BCUT2D eigenvalue weighted by Gasteiger charge is 2.11. The minimum atomic E-state index is 0.896. The lowest BCUT2D eigenvalue weighted by Gasteiger charge is -2.03. The first-order chi connectivity index (χ1) is 9.43. The highest BCUT2D eigenvalue weighted by atomic mass is 16.3. The summed E-state index contributed by atoms with van der Waals surface area (Å²) < 4.78 is 5.61. The van der Waals surface area contributed by atoms with E-state index < -0.39 is 0 Å². The molecule has 0 aliphatic heterocycles. The van der Waals surface area contributed by atoms with Gasteiger partial charge in [-0.05, 0) is 17.5 Å². The minimum absolute atomic E-state index is 0.896. The summed E-state index contributed by atoms with van der Waals surface area (Å²) in [7, 11) is 0. The molecule has 0 aliphatic rings. The number of hydrogen-bond acceptors (Lipinski definition) is 2. The Morgan fingerprint density at radius 2 is 1.58 bits per heavy atom. The molecule has 0 aliphatic carbocycles. The lowest BCUT2D eigenvalue weighted by Crippen LogP contribution is -1.84. The van der Waals surface area contributed by atoms with Gasteiger partial charge in [-0.15, -0.1) is 0 Å². The van der Waals surface area contributed by atoms with Crippen LogP contribution in [0.3, 0.4) is 0 Å². The lowest BCUT2D eigenvalue weighted by atomic mass is 10.0. The number of aromatic nitrogens is 1. The Labute approximate surface area is 110 Å². The third-order valence-electron chi connectivity index (χ3n) is 3.41. The van der Waals surface area contributed by atoms with E-state index >= 15 is 0 Å². The fourth-order valence-corrected chi connectivity index (χ4v) is 2.50. The zero-order valence-electron chi connectivity index (χ0n) is 10.2. The predicted molar refractivity (Wildman–Crippen MR) is 77.0 cm³/mol. The van der Waals surface area contributed by atoms with Crippen LogP contribution in [0.5, 0.6) is 0 Å². The maximum atomic E-state index is 5.61. The molecule has 0 unspecified atom stereocenters. The standard InChI is InChI=1S/C17H11NO/c1-2-6-13-12(5-1)9-10-18-17(13)15-11-19-16-8-4-3-7-14(15)16/h1-11H. The van der Waals surface area contributed by atoms with E-state index in [4.69, 9.17) is 4.42 Å². The predicted octanol–water partition coefficient (Wildman–Crippen LogP) is 4.65. The molecular weight excluding hydrogens is 234 g/mol. The number of nitrogens with zero attached hydrogens (tertiary/aromatic N) is 1. The van der Waals surface area contributed by atoms with Gasteiger partial charge in [-0.3, -0.25) is 4.98 Å². The van der Waals surface area contributed by atoms with Crippen LogP contribution in [0.4, 0.5) is 0 Å². The lowest BCUT2D eigenvalue weighted by molar-refractivity contribution is 0.617. The second-order valence-electron chi connectivity index (χ2n) is 4.53. The third-order valence-corrected chi connectivity index (χ3v) is 3.41. The molecule has 0 saturated heterocycles. The number of benzene rings is 2. The van der Waals surface area contributed by atoms with E-state index in [2.05, 4.69) is 23.2 Å². The van der Waals surface area contributed by atoms with E-state index in [-0.39, 0.29) is 0 Å². The van der Waals surface area contributed by atoms with Gasteiger partial charge in [0.2, 0.25) is 0 Å². The highest BCUT2D eigenvalue weighted by molar-refractivity contribution is 6.02. The van der Waals surface area contributed by atoms with Crippen LogP contribution in [0.1, 0.15) is 0 Å². The second-order valence-corrected chi connectivity index (χ2v) is 4.53. The van der Waals surface area contributed by atoms with Crippen LogP contribution in [-0.4, -0.2) is 4.98 Å². The zero-order valence-corrected chi connectivity index (χ0v) is 10.2. The summed E-state index contributed by atoms with van der Waals surface area (Å²) in [6.07, 6.45) is 3.64. The Bertz CT molecular complexity index is 871. The van der Waals surface area contributed by atoms with Crippen molar-refractivity contribution in [2.24, 2.45) is 0 Å². The molecule has 0 saturated carbocycles. The Balaban J connectivity index is 2.10. The van der Waals surface area contributed by atoms with E-state index in [0.717, 1.165) is 27.6 Å². The molecule has 0 bridgehead atoms. The van der Waals surface area contributed by atoms with Gasteiger partial charge >= 0.3 is 0 Å². The van der Waals surface area contributed by atoms with Crippen LogP contribution >= 0.6 is 0 Å². The summed E-state index contributed by atoms with van der Waals surface area (Å²) in [4.78, 5) is 4.54. The van der Waals surface area contributed by atoms with Crippen LogP contribution in [0.15, 0.2) is 71.5 Å². The summed E-state index contributed by atoms with van der Waals surface area (Å²) in [5.74, 6) is 0. The Morgan fingerprint density at radius 1 is 0.789 bits per heavy atom. The average Bonchev–Trinajstić information content (AvgIpc) is 2.90. The summed E-state index contributed by atoms with van der Waals surface area (Å²) in [5.41, 5.74) is 2.92. The Hall–Kier alpha value is -2.61. The van der Waals surface area contributed by atoms with Crippen LogP contribution in [0.25, 0.3) is 33.0 Å². The van der Waals surface area contributed by atoms with Crippen LogP contribution in [0.2, 0.25) is 0 Å². The topological polar surface area (TPSA) is 26.0 Å². The summed E-state index contributed by atoms with van der Waals surface area (Å²) in [6.45, 7) is 0.